The predicted octanol–water partition coefficient (Wildman–Crippen LogP) is 2.58. The second-order valence-electron chi connectivity index (χ2n) is 9.31. The first-order chi connectivity index (χ1) is 10.9. The maximum atomic E-state index is 12.6. The van der Waals surface area contributed by atoms with Gasteiger partial charge in [-0.2, -0.15) is 0 Å². The van der Waals surface area contributed by atoms with Crippen LogP contribution < -0.4 is 5.32 Å². The van der Waals surface area contributed by atoms with Crippen molar-refractivity contribution >= 4 is 11.8 Å². The molecule has 5 aliphatic rings. The van der Waals surface area contributed by atoms with Crippen molar-refractivity contribution in [3.8, 4) is 0 Å². The minimum absolute atomic E-state index is 0.0610. The molecule has 4 saturated carbocycles. The molecule has 4 heteroatoms. The van der Waals surface area contributed by atoms with E-state index in [1.54, 1.807) is 4.90 Å². The van der Waals surface area contributed by atoms with Gasteiger partial charge in [0.25, 0.3) is 0 Å². The van der Waals surface area contributed by atoms with Gasteiger partial charge in [0.05, 0.1) is 0 Å². The molecular weight excluding hydrogens is 288 g/mol. The van der Waals surface area contributed by atoms with Gasteiger partial charge < -0.3 is 10.2 Å². The lowest BCUT2D eigenvalue weighted by atomic mass is 9.53. The molecule has 5 rings (SSSR count). The van der Waals surface area contributed by atoms with E-state index in [-0.39, 0.29) is 17.4 Å². The zero-order chi connectivity index (χ0) is 16.2. The standard InChI is InChI=1S/C19H30N2O2/c1-12-3-13(2)11-21(10-12)18(23)17(22)20-19-7-14-4-15(8-19)6-16(5-14)9-19/h12-16H,3-11H2,1-2H3,(H,20,22). The molecule has 0 radical (unpaired) electrons. The Labute approximate surface area is 139 Å². The van der Waals surface area contributed by atoms with E-state index < -0.39 is 0 Å². The highest BCUT2D eigenvalue weighted by atomic mass is 16.2. The molecule has 1 heterocycles. The Morgan fingerprint density at radius 3 is 1.83 bits per heavy atom. The van der Waals surface area contributed by atoms with E-state index in [1.807, 2.05) is 0 Å². The van der Waals surface area contributed by atoms with Crippen LogP contribution >= 0.6 is 0 Å². The monoisotopic (exact) mass is 318 g/mol. The highest BCUT2D eigenvalue weighted by Gasteiger charge is 2.52. The van der Waals surface area contributed by atoms with Gasteiger partial charge in [-0.1, -0.05) is 13.8 Å². The van der Waals surface area contributed by atoms with Crippen LogP contribution in [0.5, 0.6) is 0 Å². The van der Waals surface area contributed by atoms with Gasteiger partial charge in [-0.3, -0.25) is 9.59 Å². The molecule has 0 aromatic heterocycles. The van der Waals surface area contributed by atoms with Crippen LogP contribution in [0.2, 0.25) is 0 Å². The molecule has 5 fully saturated rings. The van der Waals surface area contributed by atoms with Crippen LogP contribution in [0.4, 0.5) is 0 Å². The molecule has 0 spiro atoms. The largest absolute Gasteiger partial charge is 0.342 e. The summed E-state index contributed by atoms with van der Waals surface area (Å²) in [6.07, 6.45) is 8.51. The van der Waals surface area contributed by atoms with Gasteiger partial charge in [0.2, 0.25) is 0 Å². The van der Waals surface area contributed by atoms with Crippen LogP contribution in [-0.4, -0.2) is 35.3 Å². The second kappa shape index (κ2) is 5.49. The van der Waals surface area contributed by atoms with E-state index >= 15 is 0 Å². The summed E-state index contributed by atoms with van der Waals surface area (Å²) >= 11 is 0. The number of carbonyl (C=O) groups excluding carboxylic acids is 2. The molecule has 0 aromatic carbocycles. The number of piperidine rings is 1. The fraction of sp³-hybridized carbons (Fsp3) is 0.895. The Kier molecular flexibility index (Phi) is 3.69. The first-order valence-electron chi connectivity index (χ1n) is 9.54. The minimum Gasteiger partial charge on any atom is -0.342 e. The third-order valence-electron chi connectivity index (χ3n) is 6.77. The van der Waals surface area contributed by atoms with Gasteiger partial charge in [-0.25, -0.2) is 0 Å². The summed E-state index contributed by atoms with van der Waals surface area (Å²) in [4.78, 5) is 27.1. The molecule has 2 unspecified atom stereocenters. The molecule has 4 nitrogen and oxygen atoms in total. The van der Waals surface area contributed by atoms with Crippen LogP contribution in [0.3, 0.4) is 0 Å². The Morgan fingerprint density at radius 1 is 0.870 bits per heavy atom. The molecule has 2 amide bonds. The quantitative estimate of drug-likeness (QED) is 0.756. The average Bonchev–Trinajstić information content (AvgIpc) is 2.43. The van der Waals surface area contributed by atoms with E-state index in [4.69, 9.17) is 0 Å². The topological polar surface area (TPSA) is 49.4 Å². The van der Waals surface area contributed by atoms with E-state index in [2.05, 4.69) is 19.2 Å². The van der Waals surface area contributed by atoms with Gasteiger partial charge in [-0.05, 0) is 74.5 Å². The Hall–Kier alpha value is -1.06. The molecular formula is C19H30N2O2. The van der Waals surface area contributed by atoms with Crippen molar-refractivity contribution in [1.82, 2.24) is 10.2 Å². The number of hydrogen-bond acceptors (Lipinski definition) is 2. The summed E-state index contributed by atoms with van der Waals surface area (Å²) in [6, 6.07) is 0. The number of likely N-dealkylation sites (tertiary alicyclic amines) is 1. The molecule has 128 valence electrons. The second-order valence-corrected chi connectivity index (χ2v) is 9.31. The molecule has 2 atom stereocenters. The molecule has 4 aliphatic carbocycles. The highest BCUT2D eigenvalue weighted by Crippen LogP contribution is 2.55. The maximum absolute atomic E-state index is 12.6. The van der Waals surface area contributed by atoms with Gasteiger partial charge >= 0.3 is 11.8 Å². The lowest BCUT2D eigenvalue weighted by molar-refractivity contribution is -0.150. The van der Waals surface area contributed by atoms with Crippen molar-refractivity contribution < 1.29 is 9.59 Å². The average molecular weight is 318 g/mol. The normalized spacial score (nSPS) is 45.1. The molecule has 1 saturated heterocycles. The maximum Gasteiger partial charge on any atom is 0.311 e. The number of hydrogen-bond donors (Lipinski definition) is 1. The molecule has 23 heavy (non-hydrogen) atoms. The number of nitrogens with one attached hydrogen (secondary N) is 1. The van der Waals surface area contributed by atoms with Gasteiger partial charge in [0.15, 0.2) is 0 Å². The van der Waals surface area contributed by atoms with Crippen molar-refractivity contribution in [3.63, 3.8) is 0 Å². The number of amides is 2. The molecule has 0 aromatic rings. The van der Waals surface area contributed by atoms with Gasteiger partial charge in [0.1, 0.15) is 0 Å². The Morgan fingerprint density at radius 2 is 1.35 bits per heavy atom. The summed E-state index contributed by atoms with van der Waals surface area (Å²) in [5.74, 6) is 2.71. The number of nitrogens with zero attached hydrogens (tertiary/aromatic N) is 1. The van der Waals surface area contributed by atoms with Crippen molar-refractivity contribution in [2.75, 3.05) is 13.1 Å². The zero-order valence-corrected chi connectivity index (χ0v) is 14.5. The first-order valence-corrected chi connectivity index (χ1v) is 9.54. The van der Waals surface area contributed by atoms with Crippen LogP contribution in [-0.2, 0) is 9.59 Å². The van der Waals surface area contributed by atoms with Crippen molar-refractivity contribution in [2.24, 2.45) is 29.6 Å². The summed E-state index contributed by atoms with van der Waals surface area (Å²) in [5, 5.41) is 3.22. The first kappa shape index (κ1) is 15.5. The van der Waals surface area contributed by atoms with Crippen molar-refractivity contribution in [1.29, 1.82) is 0 Å². The fourth-order valence-electron chi connectivity index (χ4n) is 6.53. The smallest absolute Gasteiger partial charge is 0.311 e. The van der Waals surface area contributed by atoms with E-state index in [1.165, 1.54) is 19.3 Å². The van der Waals surface area contributed by atoms with Crippen LogP contribution in [0.1, 0.15) is 58.8 Å². The predicted molar refractivity (Wildman–Crippen MR) is 88.6 cm³/mol. The van der Waals surface area contributed by atoms with Gasteiger partial charge in [-0.15, -0.1) is 0 Å². The van der Waals surface area contributed by atoms with Crippen LogP contribution in [0.25, 0.3) is 0 Å². The van der Waals surface area contributed by atoms with E-state index in [9.17, 15) is 9.59 Å². The third-order valence-corrected chi connectivity index (χ3v) is 6.77. The summed E-state index contributed by atoms with van der Waals surface area (Å²) in [5.41, 5.74) is -0.0610. The number of carbonyl (C=O) groups is 2. The SMILES string of the molecule is CC1CC(C)CN(C(=O)C(=O)NC23CC4CC(CC(C4)C2)C3)C1. The highest BCUT2D eigenvalue weighted by molar-refractivity contribution is 6.35. The third kappa shape index (κ3) is 2.89. The van der Waals surface area contributed by atoms with Crippen molar-refractivity contribution in [3.05, 3.63) is 0 Å². The van der Waals surface area contributed by atoms with E-state index in [0.717, 1.165) is 56.5 Å². The van der Waals surface area contributed by atoms with Crippen LogP contribution in [0.15, 0.2) is 0 Å². The summed E-state index contributed by atoms with van der Waals surface area (Å²) < 4.78 is 0. The van der Waals surface area contributed by atoms with Crippen LogP contribution in [0, 0.1) is 29.6 Å². The lowest BCUT2D eigenvalue weighted by Crippen LogP contribution is -2.62. The van der Waals surface area contributed by atoms with Gasteiger partial charge in [0, 0.05) is 18.6 Å². The Bertz CT molecular complexity index is 470. The number of rotatable bonds is 1. The zero-order valence-electron chi connectivity index (χ0n) is 14.5. The summed E-state index contributed by atoms with van der Waals surface area (Å²) in [7, 11) is 0. The molecule has 4 bridgehead atoms. The van der Waals surface area contributed by atoms with Crippen molar-refractivity contribution in [2.45, 2.75) is 64.3 Å². The Balaban J connectivity index is 1.42. The molecule has 1 aliphatic heterocycles. The van der Waals surface area contributed by atoms with E-state index in [0.29, 0.717) is 11.8 Å². The fourth-order valence-corrected chi connectivity index (χ4v) is 6.53. The lowest BCUT2D eigenvalue weighted by Gasteiger charge is -2.56. The minimum atomic E-state index is -0.340. The molecule has 1 N–H and O–H groups in total. The summed E-state index contributed by atoms with van der Waals surface area (Å²) in [6.45, 7) is 5.81.